The van der Waals surface area contributed by atoms with Gasteiger partial charge in [0, 0.05) is 18.0 Å². The lowest BCUT2D eigenvalue weighted by Crippen LogP contribution is -1.81. The lowest BCUT2D eigenvalue weighted by Gasteiger charge is -1.91. The third-order valence-electron chi connectivity index (χ3n) is 1.40. The van der Waals surface area contributed by atoms with Crippen LogP contribution in [0, 0.1) is 6.07 Å². The van der Waals surface area contributed by atoms with Gasteiger partial charge in [0.05, 0.1) is 0 Å². The maximum absolute atomic E-state index is 3.12. The molecule has 1 nitrogen and oxygen atoms in total. The van der Waals surface area contributed by atoms with Crippen LogP contribution in [0.3, 0.4) is 0 Å². The van der Waals surface area contributed by atoms with E-state index < -0.39 is 0 Å². The SMILES string of the molecule is CCCCc1c[c]c[nH]1. The van der Waals surface area contributed by atoms with Gasteiger partial charge >= 0.3 is 0 Å². The molecule has 1 heteroatoms. The van der Waals surface area contributed by atoms with Gasteiger partial charge < -0.3 is 4.98 Å². The lowest BCUT2D eigenvalue weighted by molar-refractivity contribution is 0.781. The summed E-state index contributed by atoms with van der Waals surface area (Å²) >= 11 is 0. The first kappa shape index (κ1) is 6.40. The zero-order valence-corrected chi connectivity index (χ0v) is 5.78. The molecule has 1 rings (SSSR count). The molecule has 0 aliphatic heterocycles. The fourth-order valence-corrected chi connectivity index (χ4v) is 0.830. The van der Waals surface area contributed by atoms with Crippen molar-refractivity contribution >= 4 is 0 Å². The minimum Gasteiger partial charge on any atom is -0.364 e. The molecule has 0 aliphatic rings. The van der Waals surface area contributed by atoms with E-state index in [1.54, 1.807) is 0 Å². The van der Waals surface area contributed by atoms with Crippen molar-refractivity contribution in [1.29, 1.82) is 0 Å². The summed E-state index contributed by atoms with van der Waals surface area (Å²) in [6.07, 6.45) is 5.55. The molecule has 0 aromatic carbocycles. The summed E-state index contributed by atoms with van der Waals surface area (Å²) in [6, 6.07) is 4.99. The van der Waals surface area contributed by atoms with E-state index in [4.69, 9.17) is 0 Å². The van der Waals surface area contributed by atoms with Crippen molar-refractivity contribution in [2.75, 3.05) is 0 Å². The number of hydrogen-bond donors (Lipinski definition) is 1. The van der Waals surface area contributed by atoms with E-state index in [0.717, 1.165) is 0 Å². The van der Waals surface area contributed by atoms with E-state index in [1.807, 2.05) is 12.3 Å². The Bertz CT molecular complexity index is 142. The molecular weight excluding hydrogens is 110 g/mol. The first-order valence-corrected chi connectivity index (χ1v) is 3.47. The van der Waals surface area contributed by atoms with Gasteiger partial charge in [0.15, 0.2) is 0 Å². The van der Waals surface area contributed by atoms with Gasteiger partial charge in [0.1, 0.15) is 0 Å². The predicted octanol–water partition coefficient (Wildman–Crippen LogP) is 2.16. The van der Waals surface area contributed by atoms with Crippen LogP contribution in [0.4, 0.5) is 0 Å². The van der Waals surface area contributed by atoms with Crippen molar-refractivity contribution in [2.45, 2.75) is 26.2 Å². The summed E-state index contributed by atoms with van der Waals surface area (Å²) in [6.45, 7) is 2.20. The minimum atomic E-state index is 1.17. The summed E-state index contributed by atoms with van der Waals surface area (Å²) in [5.74, 6) is 0. The van der Waals surface area contributed by atoms with Crippen LogP contribution >= 0.6 is 0 Å². The average molecular weight is 122 g/mol. The second kappa shape index (κ2) is 3.33. The standard InChI is InChI=1S/C8H12N/c1-2-3-5-8-6-4-7-9-8/h6-7,9H,2-3,5H2,1H3. The molecule has 1 N–H and O–H groups in total. The summed E-state index contributed by atoms with van der Waals surface area (Å²) in [5.41, 5.74) is 1.30. The molecule has 1 aromatic heterocycles. The molecule has 9 heavy (non-hydrogen) atoms. The fourth-order valence-electron chi connectivity index (χ4n) is 0.830. The third kappa shape index (κ3) is 1.92. The van der Waals surface area contributed by atoms with E-state index in [-0.39, 0.29) is 0 Å². The molecule has 1 radical (unpaired) electrons. The van der Waals surface area contributed by atoms with Crippen molar-refractivity contribution in [3.05, 3.63) is 24.0 Å². The van der Waals surface area contributed by atoms with Gasteiger partial charge in [0.25, 0.3) is 0 Å². The smallest absolute Gasteiger partial charge is 0.0153 e. The Morgan fingerprint density at radius 1 is 1.67 bits per heavy atom. The van der Waals surface area contributed by atoms with E-state index in [0.29, 0.717) is 0 Å². The zero-order chi connectivity index (χ0) is 6.53. The van der Waals surface area contributed by atoms with E-state index in [9.17, 15) is 0 Å². The average Bonchev–Trinajstić information content (AvgIpc) is 2.34. The molecule has 0 bridgehead atoms. The molecule has 1 heterocycles. The number of aromatic amines is 1. The maximum atomic E-state index is 3.12. The highest BCUT2D eigenvalue weighted by molar-refractivity contribution is 5.01. The third-order valence-corrected chi connectivity index (χ3v) is 1.40. The zero-order valence-electron chi connectivity index (χ0n) is 5.78. The van der Waals surface area contributed by atoms with Crippen molar-refractivity contribution in [3.63, 3.8) is 0 Å². The number of H-pyrrole nitrogens is 1. The van der Waals surface area contributed by atoms with Crippen molar-refractivity contribution in [2.24, 2.45) is 0 Å². The van der Waals surface area contributed by atoms with E-state index >= 15 is 0 Å². The number of rotatable bonds is 3. The Balaban J connectivity index is 2.30. The lowest BCUT2D eigenvalue weighted by atomic mass is 10.2. The monoisotopic (exact) mass is 122 g/mol. The molecule has 0 fully saturated rings. The van der Waals surface area contributed by atoms with Crippen molar-refractivity contribution in [1.82, 2.24) is 4.98 Å². The summed E-state index contributed by atoms with van der Waals surface area (Å²) < 4.78 is 0. The van der Waals surface area contributed by atoms with Crippen LogP contribution in [0.5, 0.6) is 0 Å². The second-order valence-electron chi connectivity index (χ2n) is 2.23. The van der Waals surface area contributed by atoms with Crippen LogP contribution < -0.4 is 0 Å². The highest BCUT2D eigenvalue weighted by Crippen LogP contribution is 1.99. The molecule has 0 atom stereocenters. The molecule has 0 saturated carbocycles. The number of aryl methyl sites for hydroxylation is 1. The van der Waals surface area contributed by atoms with Crippen LogP contribution in [-0.2, 0) is 6.42 Å². The molecule has 0 aliphatic carbocycles. The molecule has 0 amide bonds. The van der Waals surface area contributed by atoms with Gasteiger partial charge in [-0.05, 0) is 18.9 Å². The highest BCUT2D eigenvalue weighted by atomic mass is 14.7. The van der Waals surface area contributed by atoms with E-state index in [2.05, 4.69) is 18.0 Å². The molecular formula is C8H12N. The van der Waals surface area contributed by atoms with Crippen LogP contribution in [-0.4, -0.2) is 4.98 Å². The van der Waals surface area contributed by atoms with Gasteiger partial charge in [-0.2, -0.15) is 0 Å². The molecule has 0 saturated heterocycles. The number of nitrogens with one attached hydrogen (secondary N) is 1. The van der Waals surface area contributed by atoms with Gasteiger partial charge in [-0.3, -0.25) is 0 Å². The van der Waals surface area contributed by atoms with E-state index in [1.165, 1.54) is 25.0 Å². The van der Waals surface area contributed by atoms with Gasteiger partial charge in [0.2, 0.25) is 0 Å². The quantitative estimate of drug-likeness (QED) is 0.632. The number of aromatic nitrogens is 1. The fraction of sp³-hybridized carbons (Fsp3) is 0.500. The summed E-state index contributed by atoms with van der Waals surface area (Å²) in [4.78, 5) is 3.12. The normalized spacial score (nSPS) is 9.89. The maximum Gasteiger partial charge on any atom is 0.0153 e. The number of unbranched alkanes of at least 4 members (excludes halogenated alkanes) is 1. The molecule has 1 aromatic rings. The highest BCUT2D eigenvalue weighted by Gasteiger charge is 1.88. The number of hydrogen-bond acceptors (Lipinski definition) is 0. The Morgan fingerprint density at radius 3 is 3.11 bits per heavy atom. The van der Waals surface area contributed by atoms with Gasteiger partial charge in [-0.15, -0.1) is 0 Å². The Kier molecular flexibility index (Phi) is 2.37. The van der Waals surface area contributed by atoms with Crippen LogP contribution in [0.25, 0.3) is 0 Å². The van der Waals surface area contributed by atoms with Crippen LogP contribution in [0.2, 0.25) is 0 Å². The summed E-state index contributed by atoms with van der Waals surface area (Å²) in [7, 11) is 0. The van der Waals surface area contributed by atoms with Gasteiger partial charge in [-0.1, -0.05) is 13.3 Å². The first-order chi connectivity index (χ1) is 4.43. The molecule has 0 spiro atoms. The molecule has 0 unspecified atom stereocenters. The first-order valence-electron chi connectivity index (χ1n) is 3.47. The Labute approximate surface area is 56.1 Å². The predicted molar refractivity (Wildman–Crippen MR) is 38.2 cm³/mol. The van der Waals surface area contributed by atoms with Crippen LogP contribution in [0.15, 0.2) is 12.3 Å². The van der Waals surface area contributed by atoms with Crippen molar-refractivity contribution in [3.8, 4) is 0 Å². The Hall–Kier alpha value is -0.720. The van der Waals surface area contributed by atoms with Crippen molar-refractivity contribution < 1.29 is 0 Å². The minimum absolute atomic E-state index is 1.17. The Morgan fingerprint density at radius 2 is 2.56 bits per heavy atom. The van der Waals surface area contributed by atoms with Gasteiger partial charge in [-0.25, -0.2) is 0 Å². The molecule has 49 valence electrons. The topological polar surface area (TPSA) is 15.8 Å². The largest absolute Gasteiger partial charge is 0.364 e. The van der Waals surface area contributed by atoms with Crippen LogP contribution in [0.1, 0.15) is 25.5 Å². The summed E-state index contributed by atoms with van der Waals surface area (Å²) in [5, 5.41) is 0. The second-order valence-corrected chi connectivity index (χ2v) is 2.23.